The molecule has 0 spiro atoms. The molecule has 9 nitrogen and oxygen atoms in total. The predicted molar refractivity (Wildman–Crippen MR) is 133 cm³/mol. The van der Waals surface area contributed by atoms with Gasteiger partial charge < -0.3 is 20.4 Å². The number of hydrogen-bond donors (Lipinski definition) is 3. The number of halogens is 3. The van der Waals surface area contributed by atoms with Crippen molar-refractivity contribution in [3.8, 4) is 11.8 Å². The van der Waals surface area contributed by atoms with Crippen LogP contribution in [-0.2, 0) is 17.5 Å². The predicted octanol–water partition coefficient (Wildman–Crippen LogP) is 5.47. The van der Waals surface area contributed by atoms with Gasteiger partial charge in [0.25, 0.3) is 5.91 Å². The highest BCUT2D eigenvalue weighted by Crippen LogP contribution is 2.39. The molecule has 0 atom stereocenters. The molecule has 3 amide bonds. The van der Waals surface area contributed by atoms with Crippen LogP contribution in [0.3, 0.4) is 0 Å². The van der Waals surface area contributed by atoms with Gasteiger partial charge in [0.05, 0.1) is 29.4 Å². The van der Waals surface area contributed by atoms with Crippen LogP contribution in [0.2, 0.25) is 0 Å². The lowest BCUT2D eigenvalue weighted by Crippen LogP contribution is -2.43. The Hall–Kier alpha value is -5.05. The highest BCUT2D eigenvalue weighted by Gasteiger charge is 2.52. The third-order valence-corrected chi connectivity index (χ3v) is 6.36. The third kappa shape index (κ3) is 4.94. The van der Waals surface area contributed by atoms with Gasteiger partial charge in [-0.25, -0.2) is 14.5 Å². The van der Waals surface area contributed by atoms with Gasteiger partial charge in [-0.3, -0.25) is 4.79 Å². The molecular weight excluding hydrogens is 517 g/mol. The minimum Gasteiger partial charge on any atom is -0.507 e. The van der Waals surface area contributed by atoms with Gasteiger partial charge in [0, 0.05) is 17.4 Å². The van der Waals surface area contributed by atoms with E-state index in [-0.39, 0.29) is 17.8 Å². The summed E-state index contributed by atoms with van der Waals surface area (Å²) in [5.74, 6) is -2.50. The number of urea groups is 1. The van der Waals surface area contributed by atoms with Crippen molar-refractivity contribution in [2.45, 2.75) is 32.1 Å². The first-order valence-corrected chi connectivity index (χ1v) is 11.4. The summed E-state index contributed by atoms with van der Waals surface area (Å²) in [5.41, 5.74) is -2.56. The number of nitrogens with one attached hydrogen (secondary N) is 1. The second-order valence-electron chi connectivity index (χ2n) is 9.23. The minimum atomic E-state index is -4.87. The van der Waals surface area contributed by atoms with E-state index >= 15 is 0 Å². The SMILES string of the molecule is CC1(C)C(=O)N(c2ccc(C#N)c(C(F)(F)F)c2)C(=O)N1Cc1ccccc1Nc1ccc(C(=O)O)c(O)c1. The van der Waals surface area contributed by atoms with Gasteiger partial charge in [0.15, 0.2) is 0 Å². The number of hydrogen-bond acceptors (Lipinski definition) is 6. The van der Waals surface area contributed by atoms with Crippen molar-refractivity contribution >= 4 is 35.0 Å². The molecule has 0 saturated carbocycles. The largest absolute Gasteiger partial charge is 0.507 e. The van der Waals surface area contributed by atoms with Gasteiger partial charge in [-0.2, -0.15) is 18.4 Å². The Bertz CT molecular complexity index is 1550. The van der Waals surface area contributed by atoms with Gasteiger partial charge in [0.2, 0.25) is 0 Å². The van der Waals surface area contributed by atoms with Crippen LogP contribution >= 0.6 is 0 Å². The molecule has 200 valence electrons. The number of aromatic carboxylic acids is 1. The fraction of sp³-hybridized carbons (Fsp3) is 0.185. The number of para-hydroxylation sites is 1. The Labute approximate surface area is 220 Å². The van der Waals surface area contributed by atoms with Crippen molar-refractivity contribution in [3.05, 3.63) is 82.9 Å². The van der Waals surface area contributed by atoms with Crippen LogP contribution in [0.5, 0.6) is 5.75 Å². The van der Waals surface area contributed by atoms with Crippen molar-refractivity contribution in [2.75, 3.05) is 10.2 Å². The first kappa shape index (κ1) is 27.0. The highest BCUT2D eigenvalue weighted by molar-refractivity contribution is 6.23. The zero-order valence-electron chi connectivity index (χ0n) is 20.6. The molecule has 3 N–H and O–H groups in total. The first-order chi connectivity index (χ1) is 18.3. The summed E-state index contributed by atoms with van der Waals surface area (Å²) in [6, 6.07) is 13.9. The van der Waals surface area contributed by atoms with E-state index in [2.05, 4.69) is 5.32 Å². The van der Waals surface area contributed by atoms with Crippen molar-refractivity contribution in [1.29, 1.82) is 5.26 Å². The number of aromatic hydroxyl groups is 1. The van der Waals surface area contributed by atoms with Gasteiger partial charge >= 0.3 is 18.2 Å². The number of benzene rings is 3. The zero-order chi connectivity index (χ0) is 28.7. The van der Waals surface area contributed by atoms with Crippen LogP contribution in [-0.4, -0.2) is 38.6 Å². The number of nitriles is 1. The topological polar surface area (TPSA) is 134 Å². The molecule has 1 heterocycles. The quantitative estimate of drug-likeness (QED) is 0.354. The summed E-state index contributed by atoms with van der Waals surface area (Å²) < 4.78 is 40.6. The van der Waals surface area contributed by atoms with Gasteiger partial charge in [0.1, 0.15) is 16.9 Å². The fourth-order valence-corrected chi connectivity index (χ4v) is 4.23. The van der Waals surface area contributed by atoms with Gasteiger partial charge in [-0.1, -0.05) is 18.2 Å². The number of carboxylic acids is 1. The van der Waals surface area contributed by atoms with Crippen LogP contribution in [0.15, 0.2) is 60.7 Å². The maximum absolute atomic E-state index is 13.5. The maximum Gasteiger partial charge on any atom is 0.417 e. The van der Waals surface area contributed by atoms with Crippen molar-refractivity contribution < 1.29 is 37.8 Å². The molecule has 0 bridgehead atoms. The van der Waals surface area contributed by atoms with Crippen molar-refractivity contribution in [2.24, 2.45) is 0 Å². The molecular formula is C27H21F3N4O5. The zero-order valence-corrected chi connectivity index (χ0v) is 20.6. The molecule has 12 heteroatoms. The summed E-state index contributed by atoms with van der Waals surface area (Å²) in [6.45, 7) is 2.83. The van der Waals surface area contributed by atoms with Crippen LogP contribution in [0.25, 0.3) is 0 Å². The number of imide groups is 1. The Balaban J connectivity index is 1.66. The van der Waals surface area contributed by atoms with E-state index in [0.717, 1.165) is 12.1 Å². The number of phenols is 1. The van der Waals surface area contributed by atoms with Crippen LogP contribution in [0.1, 0.15) is 40.9 Å². The van der Waals surface area contributed by atoms with E-state index in [4.69, 9.17) is 10.4 Å². The van der Waals surface area contributed by atoms with E-state index in [1.54, 1.807) is 24.3 Å². The first-order valence-electron chi connectivity index (χ1n) is 11.4. The average Bonchev–Trinajstić information content (AvgIpc) is 3.03. The van der Waals surface area contributed by atoms with Gasteiger partial charge in [-0.05, 0) is 55.8 Å². The molecule has 1 aliphatic rings. The number of carboxylic acid groups (broad SMARTS) is 1. The Morgan fingerprint density at radius 3 is 2.38 bits per heavy atom. The molecule has 3 aromatic rings. The number of amides is 3. The lowest BCUT2D eigenvalue weighted by molar-refractivity contribution is -0.137. The van der Waals surface area contributed by atoms with Crippen molar-refractivity contribution in [3.63, 3.8) is 0 Å². The summed E-state index contributed by atoms with van der Waals surface area (Å²) in [6.07, 6.45) is -4.87. The fourth-order valence-electron chi connectivity index (χ4n) is 4.23. The van der Waals surface area contributed by atoms with E-state index < -0.39 is 46.5 Å². The summed E-state index contributed by atoms with van der Waals surface area (Å²) in [7, 11) is 0. The lowest BCUT2D eigenvalue weighted by atomic mass is 10.0. The van der Waals surface area contributed by atoms with E-state index in [1.165, 1.54) is 43.0 Å². The lowest BCUT2D eigenvalue weighted by Gasteiger charge is -2.28. The van der Waals surface area contributed by atoms with Gasteiger partial charge in [-0.15, -0.1) is 0 Å². The number of alkyl halides is 3. The van der Waals surface area contributed by atoms with E-state index in [1.807, 2.05) is 0 Å². The molecule has 1 fully saturated rings. The Kier molecular flexibility index (Phi) is 6.70. The van der Waals surface area contributed by atoms with E-state index in [9.17, 15) is 32.7 Å². The second-order valence-corrected chi connectivity index (χ2v) is 9.23. The number of carbonyl (C=O) groups excluding carboxylic acids is 2. The summed E-state index contributed by atoms with van der Waals surface area (Å²) in [4.78, 5) is 39.8. The van der Waals surface area contributed by atoms with Crippen molar-refractivity contribution in [1.82, 2.24) is 4.90 Å². The van der Waals surface area contributed by atoms with E-state index in [0.29, 0.717) is 27.9 Å². The number of anilines is 3. The molecule has 0 aromatic heterocycles. The molecule has 1 aliphatic heterocycles. The van der Waals surface area contributed by atoms with Crippen LogP contribution < -0.4 is 10.2 Å². The smallest absolute Gasteiger partial charge is 0.417 e. The standard InChI is InChI=1S/C27H21F3N4O5/c1-26(2)24(38)34(18-9-7-15(13-31)20(12-18)27(28,29)30)25(39)33(26)14-16-5-3-4-6-21(16)32-17-8-10-19(23(36)37)22(35)11-17/h3-12,32,35H,14H2,1-2H3,(H,36,37). The Morgan fingerprint density at radius 2 is 1.77 bits per heavy atom. The number of nitrogens with zero attached hydrogens (tertiary/aromatic N) is 3. The molecule has 3 aromatic carbocycles. The maximum atomic E-state index is 13.5. The minimum absolute atomic E-state index is 0.112. The molecule has 0 radical (unpaired) electrons. The Morgan fingerprint density at radius 1 is 1.08 bits per heavy atom. The van der Waals surface area contributed by atoms with Crippen LogP contribution in [0.4, 0.5) is 35.0 Å². The monoisotopic (exact) mass is 538 g/mol. The normalized spacial score (nSPS) is 14.9. The summed E-state index contributed by atoms with van der Waals surface area (Å²) in [5, 5.41) is 31.2. The second kappa shape index (κ2) is 9.68. The molecule has 1 saturated heterocycles. The third-order valence-electron chi connectivity index (χ3n) is 6.36. The van der Waals surface area contributed by atoms with Crippen LogP contribution in [0, 0.1) is 11.3 Å². The average molecular weight is 538 g/mol. The number of carbonyl (C=O) groups is 3. The summed E-state index contributed by atoms with van der Waals surface area (Å²) >= 11 is 0. The molecule has 0 aliphatic carbocycles. The number of rotatable bonds is 6. The molecule has 39 heavy (non-hydrogen) atoms. The molecule has 4 rings (SSSR count). The highest BCUT2D eigenvalue weighted by atomic mass is 19.4. The molecule has 0 unspecified atom stereocenters.